The molecule has 8 heteroatoms. The number of rotatable bonds is 5. The number of carbonyl (C=O) groups excluding carboxylic acids is 1. The van der Waals surface area contributed by atoms with Gasteiger partial charge in [-0.15, -0.1) is 12.4 Å². The van der Waals surface area contributed by atoms with E-state index in [-0.39, 0.29) is 31.0 Å². The Bertz CT molecular complexity index is 713. The smallest absolute Gasteiger partial charge is 0.311 e. The summed E-state index contributed by atoms with van der Waals surface area (Å²) in [4.78, 5) is 26.0. The van der Waals surface area contributed by atoms with E-state index in [2.05, 4.69) is 10.2 Å². The highest BCUT2D eigenvalue weighted by Crippen LogP contribution is 2.48. The van der Waals surface area contributed by atoms with Crippen LogP contribution in [-0.4, -0.2) is 48.3 Å². The molecule has 142 valence electrons. The van der Waals surface area contributed by atoms with Crippen LogP contribution in [0.15, 0.2) is 18.2 Å². The molecule has 0 spiro atoms. The Balaban J connectivity index is 0.00000196. The lowest BCUT2D eigenvalue weighted by molar-refractivity contribution is -0.149. The Labute approximate surface area is 158 Å². The van der Waals surface area contributed by atoms with Crippen molar-refractivity contribution in [1.29, 1.82) is 0 Å². The predicted molar refractivity (Wildman–Crippen MR) is 96.9 cm³/mol. The van der Waals surface area contributed by atoms with Gasteiger partial charge in [-0.2, -0.15) is 0 Å². The minimum absolute atomic E-state index is 0. The standard InChI is InChI=1S/C18H22N2O5.ClH/c21-16(19-13-3-4-14-15(8-13)25-11-24-14)5-7-20-9-12-2-1-6-18(12,10-20)17(22)23;/h3-4,8,12H,1-2,5-7,9-11H2,(H,19,21)(H,22,23);1H/t12-,18+;/m0./s1. The molecule has 2 atom stereocenters. The van der Waals surface area contributed by atoms with Crippen molar-refractivity contribution >= 4 is 30.0 Å². The summed E-state index contributed by atoms with van der Waals surface area (Å²) in [5.74, 6) is 0.777. The van der Waals surface area contributed by atoms with E-state index in [0.29, 0.717) is 36.7 Å². The summed E-state index contributed by atoms with van der Waals surface area (Å²) in [6.45, 7) is 2.13. The van der Waals surface area contributed by atoms with Crippen molar-refractivity contribution in [3.63, 3.8) is 0 Å². The van der Waals surface area contributed by atoms with Gasteiger partial charge in [0.15, 0.2) is 11.5 Å². The first kappa shape index (κ1) is 18.8. The molecule has 0 bridgehead atoms. The number of aliphatic carboxylic acids is 1. The molecular formula is C18H23ClN2O5. The highest BCUT2D eigenvalue weighted by atomic mass is 35.5. The van der Waals surface area contributed by atoms with Crippen LogP contribution in [0.3, 0.4) is 0 Å². The quantitative estimate of drug-likeness (QED) is 0.812. The van der Waals surface area contributed by atoms with Gasteiger partial charge in [-0.25, -0.2) is 0 Å². The first-order chi connectivity index (χ1) is 12.1. The van der Waals surface area contributed by atoms with E-state index in [1.807, 2.05) is 0 Å². The number of nitrogens with one attached hydrogen (secondary N) is 1. The molecule has 0 aromatic heterocycles. The highest BCUT2D eigenvalue weighted by Gasteiger charge is 2.54. The maximum absolute atomic E-state index is 12.2. The summed E-state index contributed by atoms with van der Waals surface area (Å²) >= 11 is 0. The van der Waals surface area contributed by atoms with Crippen LogP contribution in [0.4, 0.5) is 5.69 Å². The molecule has 2 heterocycles. The topological polar surface area (TPSA) is 88.1 Å². The van der Waals surface area contributed by atoms with Gasteiger partial charge in [0, 0.05) is 37.8 Å². The molecule has 3 aliphatic rings. The fourth-order valence-electron chi connectivity index (χ4n) is 4.37. The number of nitrogens with zero attached hydrogens (tertiary/aromatic N) is 1. The maximum atomic E-state index is 12.2. The van der Waals surface area contributed by atoms with Gasteiger partial charge in [0.05, 0.1) is 5.41 Å². The van der Waals surface area contributed by atoms with Gasteiger partial charge >= 0.3 is 5.97 Å². The third-order valence-corrected chi connectivity index (χ3v) is 5.68. The lowest BCUT2D eigenvalue weighted by Crippen LogP contribution is -2.36. The van der Waals surface area contributed by atoms with Crippen molar-refractivity contribution in [1.82, 2.24) is 4.90 Å². The molecule has 4 rings (SSSR count). The van der Waals surface area contributed by atoms with Gasteiger partial charge in [0.1, 0.15) is 0 Å². The molecule has 1 amide bonds. The van der Waals surface area contributed by atoms with Crippen LogP contribution in [0.5, 0.6) is 11.5 Å². The Kier molecular flexibility index (Phi) is 5.29. The number of fused-ring (bicyclic) bond motifs is 2. The second-order valence-electron chi connectivity index (χ2n) is 7.15. The van der Waals surface area contributed by atoms with Crippen LogP contribution >= 0.6 is 12.4 Å². The number of likely N-dealkylation sites (tertiary alicyclic amines) is 1. The van der Waals surface area contributed by atoms with E-state index >= 15 is 0 Å². The number of amides is 1. The monoisotopic (exact) mass is 382 g/mol. The number of hydrogen-bond donors (Lipinski definition) is 2. The van der Waals surface area contributed by atoms with Crippen molar-refractivity contribution in [2.24, 2.45) is 11.3 Å². The zero-order chi connectivity index (χ0) is 17.4. The fraction of sp³-hybridized carbons (Fsp3) is 0.556. The average molecular weight is 383 g/mol. The largest absolute Gasteiger partial charge is 0.481 e. The van der Waals surface area contributed by atoms with E-state index in [0.717, 1.165) is 25.8 Å². The molecule has 1 saturated carbocycles. The van der Waals surface area contributed by atoms with Crippen LogP contribution in [-0.2, 0) is 9.59 Å². The normalized spacial score (nSPS) is 26.2. The van der Waals surface area contributed by atoms with Gasteiger partial charge in [0.2, 0.25) is 12.7 Å². The SMILES string of the molecule is Cl.O=C(CCN1C[C@@H]2CCC[C@@]2(C(=O)O)C1)Nc1ccc2c(c1)OCO2. The van der Waals surface area contributed by atoms with Crippen LogP contribution in [0.25, 0.3) is 0 Å². The Morgan fingerprint density at radius 1 is 1.31 bits per heavy atom. The van der Waals surface area contributed by atoms with Crippen molar-refractivity contribution in [3.8, 4) is 11.5 Å². The van der Waals surface area contributed by atoms with E-state index in [1.54, 1.807) is 18.2 Å². The molecule has 1 aliphatic carbocycles. The molecule has 1 aromatic rings. The number of anilines is 1. The van der Waals surface area contributed by atoms with Crippen molar-refractivity contribution < 1.29 is 24.2 Å². The van der Waals surface area contributed by atoms with E-state index in [1.165, 1.54) is 0 Å². The minimum Gasteiger partial charge on any atom is -0.481 e. The molecule has 1 aromatic carbocycles. The van der Waals surface area contributed by atoms with Crippen LogP contribution in [0.2, 0.25) is 0 Å². The lowest BCUT2D eigenvalue weighted by Gasteiger charge is -2.23. The molecule has 0 unspecified atom stereocenters. The molecule has 0 radical (unpaired) electrons. The van der Waals surface area contributed by atoms with Gasteiger partial charge in [-0.3, -0.25) is 9.59 Å². The Morgan fingerprint density at radius 2 is 2.12 bits per heavy atom. The maximum Gasteiger partial charge on any atom is 0.311 e. The zero-order valence-corrected chi connectivity index (χ0v) is 15.2. The summed E-state index contributed by atoms with van der Waals surface area (Å²) in [7, 11) is 0. The van der Waals surface area contributed by atoms with Crippen molar-refractivity contribution in [2.45, 2.75) is 25.7 Å². The first-order valence-electron chi connectivity index (χ1n) is 8.72. The first-order valence-corrected chi connectivity index (χ1v) is 8.72. The summed E-state index contributed by atoms with van der Waals surface area (Å²) < 4.78 is 10.5. The summed E-state index contributed by atoms with van der Waals surface area (Å²) in [6, 6.07) is 5.31. The molecule has 7 nitrogen and oxygen atoms in total. The minimum atomic E-state index is -0.678. The molecule has 26 heavy (non-hydrogen) atoms. The fourth-order valence-corrected chi connectivity index (χ4v) is 4.37. The molecule has 2 N–H and O–H groups in total. The number of ether oxygens (including phenoxy) is 2. The van der Waals surface area contributed by atoms with Crippen molar-refractivity contribution in [2.75, 3.05) is 31.7 Å². The number of carboxylic acids is 1. The predicted octanol–water partition coefficient (Wildman–Crippen LogP) is 2.35. The van der Waals surface area contributed by atoms with Crippen LogP contribution < -0.4 is 14.8 Å². The van der Waals surface area contributed by atoms with Gasteiger partial charge in [0.25, 0.3) is 0 Å². The van der Waals surface area contributed by atoms with Crippen LogP contribution in [0.1, 0.15) is 25.7 Å². The number of carboxylic acid groups (broad SMARTS) is 1. The van der Waals surface area contributed by atoms with Crippen LogP contribution in [0, 0.1) is 11.3 Å². The summed E-state index contributed by atoms with van der Waals surface area (Å²) in [5, 5.41) is 12.5. The lowest BCUT2D eigenvalue weighted by atomic mass is 9.81. The second-order valence-corrected chi connectivity index (χ2v) is 7.15. The van der Waals surface area contributed by atoms with Gasteiger partial charge < -0.3 is 24.8 Å². The van der Waals surface area contributed by atoms with Gasteiger partial charge in [-0.1, -0.05) is 6.42 Å². The van der Waals surface area contributed by atoms with Crippen molar-refractivity contribution in [3.05, 3.63) is 18.2 Å². The molecule has 1 saturated heterocycles. The summed E-state index contributed by atoms with van der Waals surface area (Å²) in [6.07, 6.45) is 3.07. The number of halogens is 1. The van der Waals surface area contributed by atoms with E-state index in [4.69, 9.17) is 9.47 Å². The average Bonchev–Trinajstić information content (AvgIpc) is 3.26. The molecular weight excluding hydrogens is 360 g/mol. The summed E-state index contributed by atoms with van der Waals surface area (Å²) in [5.41, 5.74) is 0.0860. The molecule has 2 fully saturated rings. The Hall–Kier alpha value is -1.99. The zero-order valence-electron chi connectivity index (χ0n) is 14.4. The molecule has 2 aliphatic heterocycles. The third kappa shape index (κ3) is 3.33. The van der Waals surface area contributed by atoms with E-state index < -0.39 is 11.4 Å². The second kappa shape index (κ2) is 7.32. The third-order valence-electron chi connectivity index (χ3n) is 5.68. The number of carbonyl (C=O) groups is 2. The number of hydrogen-bond acceptors (Lipinski definition) is 5. The Morgan fingerprint density at radius 3 is 2.88 bits per heavy atom. The van der Waals surface area contributed by atoms with E-state index in [9.17, 15) is 14.7 Å². The number of benzene rings is 1. The highest BCUT2D eigenvalue weighted by molar-refractivity contribution is 5.91. The van der Waals surface area contributed by atoms with Gasteiger partial charge in [-0.05, 0) is 30.9 Å².